The summed E-state index contributed by atoms with van der Waals surface area (Å²) < 4.78 is 0. The van der Waals surface area contributed by atoms with Crippen molar-refractivity contribution in [1.82, 2.24) is 5.32 Å². The Labute approximate surface area is 126 Å². The molecule has 0 heterocycles. The largest absolute Gasteiger partial charge is 0.341 e. The lowest BCUT2D eigenvalue weighted by Gasteiger charge is -2.25. The smallest absolute Gasteiger partial charge is 0.101 e. The molecule has 0 aliphatic heterocycles. The second-order valence-electron chi connectivity index (χ2n) is 5.08. The first kappa shape index (κ1) is 15.1. The first-order chi connectivity index (χ1) is 10.2. The summed E-state index contributed by atoms with van der Waals surface area (Å²) in [6.45, 7) is 5.78. The van der Waals surface area contributed by atoms with Crippen LogP contribution in [-0.2, 0) is 6.54 Å². The van der Waals surface area contributed by atoms with Crippen molar-refractivity contribution in [3.8, 4) is 6.07 Å². The fourth-order valence-electron chi connectivity index (χ4n) is 2.51. The van der Waals surface area contributed by atoms with Crippen LogP contribution >= 0.6 is 0 Å². The van der Waals surface area contributed by atoms with Gasteiger partial charge in [0.1, 0.15) is 6.07 Å². The van der Waals surface area contributed by atoms with Gasteiger partial charge in [0.05, 0.1) is 11.3 Å². The third-order valence-corrected chi connectivity index (χ3v) is 3.48. The van der Waals surface area contributed by atoms with Gasteiger partial charge in [-0.3, -0.25) is 0 Å². The van der Waals surface area contributed by atoms with Crippen LogP contribution in [0.5, 0.6) is 0 Å². The van der Waals surface area contributed by atoms with E-state index in [1.54, 1.807) is 0 Å². The molecule has 2 aromatic rings. The fraction of sp³-hybridized carbons (Fsp3) is 0.278. The van der Waals surface area contributed by atoms with E-state index < -0.39 is 0 Å². The highest BCUT2D eigenvalue weighted by atomic mass is 15.1. The number of anilines is 2. The van der Waals surface area contributed by atoms with Gasteiger partial charge in [-0.15, -0.1) is 0 Å². The highest BCUT2D eigenvalue weighted by molar-refractivity contribution is 5.70. The summed E-state index contributed by atoms with van der Waals surface area (Å²) >= 11 is 0. The van der Waals surface area contributed by atoms with Crippen molar-refractivity contribution in [3.05, 3.63) is 59.2 Å². The fourth-order valence-corrected chi connectivity index (χ4v) is 2.51. The third-order valence-electron chi connectivity index (χ3n) is 3.48. The van der Waals surface area contributed by atoms with Gasteiger partial charge in [-0.25, -0.2) is 0 Å². The molecule has 0 spiro atoms. The number of rotatable bonds is 5. The maximum Gasteiger partial charge on any atom is 0.101 e. The topological polar surface area (TPSA) is 39.1 Å². The molecule has 1 N–H and O–H groups in total. The SMILES string of the molecule is CCN(c1cccc(C)c1)c1ccc(CNC)cc1C#N. The van der Waals surface area contributed by atoms with Crippen molar-refractivity contribution in [2.75, 3.05) is 18.5 Å². The molecular formula is C18H21N3. The molecule has 108 valence electrons. The van der Waals surface area contributed by atoms with E-state index in [4.69, 9.17) is 0 Å². The van der Waals surface area contributed by atoms with Crippen molar-refractivity contribution in [3.63, 3.8) is 0 Å². The van der Waals surface area contributed by atoms with Gasteiger partial charge >= 0.3 is 0 Å². The monoisotopic (exact) mass is 279 g/mol. The summed E-state index contributed by atoms with van der Waals surface area (Å²) in [5.74, 6) is 0. The minimum atomic E-state index is 0.714. The first-order valence-electron chi connectivity index (χ1n) is 7.21. The standard InChI is InChI=1S/C18H21N3/c1-4-21(17-7-5-6-14(2)10-17)18-9-8-15(13-20-3)11-16(18)12-19/h5-11,20H,4,13H2,1-3H3. The molecule has 0 bridgehead atoms. The minimum Gasteiger partial charge on any atom is -0.341 e. The van der Waals surface area contributed by atoms with Crippen LogP contribution in [0.15, 0.2) is 42.5 Å². The Kier molecular flexibility index (Phi) is 4.97. The van der Waals surface area contributed by atoms with Gasteiger partial charge in [0, 0.05) is 18.8 Å². The lowest BCUT2D eigenvalue weighted by Crippen LogP contribution is -2.17. The maximum atomic E-state index is 9.46. The van der Waals surface area contributed by atoms with Gasteiger partial charge < -0.3 is 10.2 Å². The summed E-state index contributed by atoms with van der Waals surface area (Å²) in [5.41, 5.74) is 5.14. The predicted molar refractivity (Wildman–Crippen MR) is 87.8 cm³/mol. The molecule has 3 nitrogen and oxygen atoms in total. The Bertz CT molecular complexity index is 656. The Balaban J connectivity index is 2.45. The normalized spacial score (nSPS) is 10.2. The molecule has 2 aromatic carbocycles. The van der Waals surface area contributed by atoms with Crippen LogP contribution in [0.3, 0.4) is 0 Å². The molecule has 0 unspecified atom stereocenters. The molecule has 0 saturated heterocycles. The third kappa shape index (κ3) is 3.42. The number of nitriles is 1. The van der Waals surface area contributed by atoms with Crippen LogP contribution in [0.2, 0.25) is 0 Å². The van der Waals surface area contributed by atoms with Crippen LogP contribution in [0.4, 0.5) is 11.4 Å². The Hall–Kier alpha value is -2.31. The quantitative estimate of drug-likeness (QED) is 0.906. The van der Waals surface area contributed by atoms with Crippen molar-refractivity contribution < 1.29 is 0 Å². The van der Waals surface area contributed by atoms with Crippen molar-refractivity contribution in [2.24, 2.45) is 0 Å². The summed E-state index contributed by atoms with van der Waals surface area (Å²) in [4.78, 5) is 2.18. The summed E-state index contributed by atoms with van der Waals surface area (Å²) in [6, 6.07) is 16.8. The number of benzene rings is 2. The zero-order chi connectivity index (χ0) is 15.2. The molecule has 0 amide bonds. The van der Waals surface area contributed by atoms with E-state index in [2.05, 4.69) is 60.5 Å². The van der Waals surface area contributed by atoms with E-state index in [9.17, 15) is 5.26 Å². The van der Waals surface area contributed by atoms with Crippen LogP contribution in [0.25, 0.3) is 0 Å². The molecule has 3 heteroatoms. The highest BCUT2D eigenvalue weighted by Crippen LogP contribution is 2.29. The van der Waals surface area contributed by atoms with Gasteiger partial charge in [-0.05, 0) is 56.3 Å². The minimum absolute atomic E-state index is 0.714. The van der Waals surface area contributed by atoms with Crippen LogP contribution in [-0.4, -0.2) is 13.6 Å². The van der Waals surface area contributed by atoms with Gasteiger partial charge in [-0.2, -0.15) is 5.26 Å². The summed E-state index contributed by atoms with van der Waals surface area (Å²) in [7, 11) is 1.91. The van der Waals surface area contributed by atoms with Gasteiger partial charge in [0.2, 0.25) is 0 Å². The van der Waals surface area contributed by atoms with E-state index in [0.29, 0.717) is 5.56 Å². The Morgan fingerprint density at radius 2 is 2.00 bits per heavy atom. The van der Waals surface area contributed by atoms with Gasteiger partial charge in [0.25, 0.3) is 0 Å². The van der Waals surface area contributed by atoms with Crippen LogP contribution in [0, 0.1) is 18.3 Å². The van der Waals surface area contributed by atoms with Crippen LogP contribution < -0.4 is 10.2 Å². The number of nitrogens with one attached hydrogen (secondary N) is 1. The van der Waals surface area contributed by atoms with E-state index in [1.807, 2.05) is 19.2 Å². The van der Waals surface area contributed by atoms with E-state index in [-0.39, 0.29) is 0 Å². The van der Waals surface area contributed by atoms with Crippen molar-refractivity contribution in [2.45, 2.75) is 20.4 Å². The number of aryl methyl sites for hydroxylation is 1. The average Bonchev–Trinajstić information content (AvgIpc) is 2.49. The van der Waals surface area contributed by atoms with Gasteiger partial charge in [-0.1, -0.05) is 18.2 Å². The molecule has 0 fully saturated rings. The van der Waals surface area contributed by atoms with Gasteiger partial charge in [0.15, 0.2) is 0 Å². The second-order valence-corrected chi connectivity index (χ2v) is 5.08. The molecule has 0 aromatic heterocycles. The Morgan fingerprint density at radius 1 is 1.19 bits per heavy atom. The van der Waals surface area contributed by atoms with Crippen LogP contribution in [0.1, 0.15) is 23.6 Å². The molecule has 0 radical (unpaired) electrons. The Morgan fingerprint density at radius 3 is 2.62 bits per heavy atom. The average molecular weight is 279 g/mol. The highest BCUT2D eigenvalue weighted by Gasteiger charge is 2.12. The maximum absolute atomic E-state index is 9.46. The summed E-state index contributed by atoms with van der Waals surface area (Å²) in [6.07, 6.45) is 0. The second kappa shape index (κ2) is 6.92. The zero-order valence-electron chi connectivity index (χ0n) is 12.9. The number of hydrogen-bond donors (Lipinski definition) is 1. The van der Waals surface area contributed by atoms with Crippen molar-refractivity contribution in [1.29, 1.82) is 5.26 Å². The molecular weight excluding hydrogens is 258 g/mol. The number of nitrogens with zero attached hydrogens (tertiary/aromatic N) is 2. The molecule has 2 rings (SSSR count). The van der Waals surface area contributed by atoms with E-state index in [0.717, 1.165) is 30.0 Å². The lowest BCUT2D eigenvalue weighted by atomic mass is 10.1. The number of hydrogen-bond acceptors (Lipinski definition) is 3. The molecule has 0 aliphatic carbocycles. The predicted octanol–water partition coefficient (Wildman–Crippen LogP) is 3.74. The zero-order valence-corrected chi connectivity index (χ0v) is 12.9. The van der Waals surface area contributed by atoms with Crippen molar-refractivity contribution >= 4 is 11.4 Å². The lowest BCUT2D eigenvalue weighted by molar-refractivity contribution is 0.817. The van der Waals surface area contributed by atoms with E-state index >= 15 is 0 Å². The molecule has 0 aliphatic rings. The van der Waals surface area contributed by atoms with E-state index in [1.165, 1.54) is 5.56 Å². The molecule has 0 saturated carbocycles. The first-order valence-corrected chi connectivity index (χ1v) is 7.21. The summed E-state index contributed by atoms with van der Waals surface area (Å²) in [5, 5.41) is 12.6. The molecule has 21 heavy (non-hydrogen) atoms. The molecule has 0 atom stereocenters.